The molecule has 0 aromatic heterocycles. The standard InChI is InChI=1S/C20H23NO2/c1-14-5-10-19(23)17(13-14)21-12-11-18(22)15-6-8-16(9-7-15)20(2,3)4/h5-13,21,23H,1-4H3/b12-11+. The molecule has 0 aliphatic rings. The molecule has 3 nitrogen and oxygen atoms in total. The number of nitrogens with one attached hydrogen (secondary N) is 1. The van der Waals surface area contributed by atoms with E-state index in [1.807, 2.05) is 43.3 Å². The summed E-state index contributed by atoms with van der Waals surface area (Å²) in [7, 11) is 0. The fraction of sp³-hybridized carbons (Fsp3) is 0.250. The highest BCUT2D eigenvalue weighted by Gasteiger charge is 2.13. The third-order valence-corrected chi connectivity index (χ3v) is 3.66. The fourth-order valence-electron chi connectivity index (χ4n) is 2.20. The molecule has 0 aliphatic carbocycles. The van der Waals surface area contributed by atoms with Gasteiger partial charge in [0.1, 0.15) is 5.75 Å². The van der Waals surface area contributed by atoms with Crippen LogP contribution in [-0.2, 0) is 5.41 Å². The van der Waals surface area contributed by atoms with Crippen LogP contribution < -0.4 is 5.32 Å². The van der Waals surface area contributed by atoms with Gasteiger partial charge in [0.05, 0.1) is 5.69 Å². The van der Waals surface area contributed by atoms with Gasteiger partial charge in [-0.3, -0.25) is 4.79 Å². The number of carbonyl (C=O) groups excluding carboxylic acids is 1. The van der Waals surface area contributed by atoms with Crippen molar-refractivity contribution in [3.8, 4) is 5.75 Å². The van der Waals surface area contributed by atoms with Crippen LogP contribution in [0, 0.1) is 6.92 Å². The first-order chi connectivity index (χ1) is 10.8. The second kappa shape index (κ2) is 6.69. The first-order valence-corrected chi connectivity index (χ1v) is 7.65. The number of allylic oxidation sites excluding steroid dienone is 1. The number of phenols is 1. The van der Waals surface area contributed by atoms with E-state index in [9.17, 15) is 9.90 Å². The molecule has 3 heteroatoms. The van der Waals surface area contributed by atoms with Gasteiger partial charge in [-0.25, -0.2) is 0 Å². The Morgan fingerprint density at radius 1 is 1.09 bits per heavy atom. The number of carbonyl (C=O) groups is 1. The van der Waals surface area contributed by atoms with Gasteiger partial charge >= 0.3 is 0 Å². The average molecular weight is 309 g/mol. The van der Waals surface area contributed by atoms with Crippen molar-refractivity contribution in [1.29, 1.82) is 0 Å². The van der Waals surface area contributed by atoms with Crippen molar-refractivity contribution in [2.75, 3.05) is 5.32 Å². The van der Waals surface area contributed by atoms with Gasteiger partial charge in [0.2, 0.25) is 0 Å². The molecule has 0 unspecified atom stereocenters. The number of phenolic OH excluding ortho intramolecular Hbond substituents is 1. The summed E-state index contributed by atoms with van der Waals surface area (Å²) in [5.74, 6) is 0.0762. The molecule has 0 saturated heterocycles. The van der Waals surface area contributed by atoms with Crippen molar-refractivity contribution in [2.24, 2.45) is 0 Å². The van der Waals surface area contributed by atoms with Crippen molar-refractivity contribution in [3.05, 3.63) is 71.4 Å². The van der Waals surface area contributed by atoms with Crippen LogP contribution >= 0.6 is 0 Å². The smallest absolute Gasteiger partial charge is 0.187 e. The van der Waals surface area contributed by atoms with Crippen LogP contribution in [0.4, 0.5) is 5.69 Å². The van der Waals surface area contributed by atoms with E-state index < -0.39 is 0 Å². The van der Waals surface area contributed by atoms with Crippen LogP contribution in [0.1, 0.15) is 42.3 Å². The molecule has 0 amide bonds. The average Bonchev–Trinajstić information content (AvgIpc) is 2.50. The maximum absolute atomic E-state index is 12.2. The van der Waals surface area contributed by atoms with Gasteiger partial charge in [-0.2, -0.15) is 0 Å². The molecule has 0 saturated carbocycles. The minimum Gasteiger partial charge on any atom is -0.506 e. The molecule has 2 aromatic rings. The molecule has 0 aliphatic heterocycles. The Morgan fingerprint density at radius 3 is 2.35 bits per heavy atom. The quantitative estimate of drug-likeness (QED) is 0.484. The summed E-state index contributed by atoms with van der Waals surface area (Å²) >= 11 is 0. The van der Waals surface area contributed by atoms with E-state index in [0.29, 0.717) is 11.3 Å². The van der Waals surface area contributed by atoms with E-state index in [1.165, 1.54) is 11.6 Å². The number of rotatable bonds is 4. The zero-order chi connectivity index (χ0) is 17.0. The third kappa shape index (κ3) is 4.46. The number of aryl methyl sites for hydroxylation is 1. The zero-order valence-electron chi connectivity index (χ0n) is 14.1. The van der Waals surface area contributed by atoms with Crippen molar-refractivity contribution < 1.29 is 9.90 Å². The van der Waals surface area contributed by atoms with Gasteiger partial charge in [-0.05, 0) is 35.6 Å². The van der Waals surface area contributed by atoms with E-state index in [-0.39, 0.29) is 16.9 Å². The normalized spacial score (nSPS) is 11.7. The summed E-state index contributed by atoms with van der Waals surface area (Å²) in [6.45, 7) is 8.36. The summed E-state index contributed by atoms with van der Waals surface area (Å²) in [5, 5.41) is 12.7. The van der Waals surface area contributed by atoms with E-state index in [2.05, 4.69) is 26.1 Å². The Hall–Kier alpha value is -2.55. The van der Waals surface area contributed by atoms with Crippen LogP contribution in [0.3, 0.4) is 0 Å². The molecule has 0 fully saturated rings. The fourth-order valence-corrected chi connectivity index (χ4v) is 2.20. The van der Waals surface area contributed by atoms with Crippen molar-refractivity contribution in [1.82, 2.24) is 0 Å². The highest BCUT2D eigenvalue weighted by atomic mass is 16.3. The maximum Gasteiger partial charge on any atom is 0.187 e. The largest absolute Gasteiger partial charge is 0.506 e. The SMILES string of the molecule is Cc1ccc(O)c(N/C=C/C(=O)c2ccc(C(C)(C)C)cc2)c1. The lowest BCUT2D eigenvalue weighted by Gasteiger charge is -2.18. The predicted molar refractivity (Wildman–Crippen MR) is 95.1 cm³/mol. The molecular formula is C20H23NO2. The lowest BCUT2D eigenvalue weighted by atomic mass is 9.86. The predicted octanol–water partition coefficient (Wildman–Crippen LogP) is 4.81. The minimum atomic E-state index is -0.0786. The molecular weight excluding hydrogens is 286 g/mol. The van der Waals surface area contributed by atoms with Gasteiger partial charge in [-0.1, -0.05) is 51.1 Å². The molecule has 2 rings (SSSR count). The molecule has 2 N–H and O–H groups in total. The maximum atomic E-state index is 12.2. The Morgan fingerprint density at radius 2 is 1.74 bits per heavy atom. The van der Waals surface area contributed by atoms with Gasteiger partial charge in [0.15, 0.2) is 5.78 Å². The number of anilines is 1. The summed E-state index contributed by atoms with van der Waals surface area (Å²) in [6.07, 6.45) is 3.02. The van der Waals surface area contributed by atoms with Crippen molar-refractivity contribution in [2.45, 2.75) is 33.1 Å². The topological polar surface area (TPSA) is 49.3 Å². The Labute approximate surface area is 137 Å². The summed E-state index contributed by atoms with van der Waals surface area (Å²) in [5.41, 5.74) is 3.52. The molecule has 0 atom stereocenters. The van der Waals surface area contributed by atoms with Crippen LogP contribution in [-0.4, -0.2) is 10.9 Å². The molecule has 0 spiro atoms. The summed E-state index contributed by atoms with van der Waals surface area (Å²) in [4.78, 5) is 12.2. The molecule has 0 heterocycles. The molecule has 2 aromatic carbocycles. The Bertz CT molecular complexity index is 722. The Balaban J connectivity index is 2.05. The zero-order valence-corrected chi connectivity index (χ0v) is 14.1. The van der Waals surface area contributed by atoms with E-state index in [1.54, 1.807) is 12.3 Å². The van der Waals surface area contributed by atoms with Gasteiger partial charge < -0.3 is 10.4 Å². The summed E-state index contributed by atoms with van der Waals surface area (Å²) in [6, 6.07) is 12.9. The highest BCUT2D eigenvalue weighted by molar-refractivity contribution is 6.04. The summed E-state index contributed by atoms with van der Waals surface area (Å²) < 4.78 is 0. The third-order valence-electron chi connectivity index (χ3n) is 3.66. The lowest BCUT2D eigenvalue weighted by molar-refractivity contribution is 0.104. The minimum absolute atomic E-state index is 0.0711. The van der Waals surface area contributed by atoms with Gasteiger partial charge in [0, 0.05) is 17.8 Å². The van der Waals surface area contributed by atoms with E-state index >= 15 is 0 Å². The van der Waals surface area contributed by atoms with Gasteiger partial charge in [-0.15, -0.1) is 0 Å². The molecule has 0 radical (unpaired) electrons. The number of ketones is 1. The lowest BCUT2D eigenvalue weighted by Crippen LogP contribution is -2.11. The first-order valence-electron chi connectivity index (χ1n) is 7.65. The molecule has 0 bridgehead atoms. The first kappa shape index (κ1) is 16.8. The van der Waals surface area contributed by atoms with Crippen LogP contribution in [0.5, 0.6) is 5.75 Å². The number of hydrogen-bond donors (Lipinski definition) is 2. The monoisotopic (exact) mass is 309 g/mol. The van der Waals surface area contributed by atoms with Crippen molar-refractivity contribution in [3.63, 3.8) is 0 Å². The van der Waals surface area contributed by atoms with E-state index in [0.717, 1.165) is 5.56 Å². The van der Waals surface area contributed by atoms with E-state index in [4.69, 9.17) is 0 Å². The highest BCUT2D eigenvalue weighted by Crippen LogP contribution is 2.24. The molecule has 120 valence electrons. The number of aromatic hydroxyl groups is 1. The van der Waals surface area contributed by atoms with Crippen LogP contribution in [0.15, 0.2) is 54.7 Å². The number of hydrogen-bond acceptors (Lipinski definition) is 3. The molecule has 23 heavy (non-hydrogen) atoms. The van der Waals surface area contributed by atoms with Crippen molar-refractivity contribution >= 4 is 11.5 Å². The second-order valence-corrected chi connectivity index (χ2v) is 6.69. The van der Waals surface area contributed by atoms with Crippen LogP contribution in [0.25, 0.3) is 0 Å². The van der Waals surface area contributed by atoms with Gasteiger partial charge in [0.25, 0.3) is 0 Å². The van der Waals surface area contributed by atoms with Crippen LogP contribution in [0.2, 0.25) is 0 Å². The second-order valence-electron chi connectivity index (χ2n) is 6.69. The number of benzene rings is 2. The Kier molecular flexibility index (Phi) is 4.89.